The number of hydrogen-bond donors (Lipinski definition) is 1. The van der Waals surface area contributed by atoms with Crippen LogP contribution in [0.2, 0.25) is 0 Å². The molecule has 0 aliphatic carbocycles. The summed E-state index contributed by atoms with van der Waals surface area (Å²) in [5, 5.41) is 3.15. The van der Waals surface area contributed by atoms with Crippen molar-refractivity contribution in [2.45, 2.75) is 45.3 Å². The van der Waals surface area contributed by atoms with E-state index in [0.29, 0.717) is 12.6 Å². The molecular formula is C20H27N3O. The van der Waals surface area contributed by atoms with Crippen molar-refractivity contribution >= 4 is 5.91 Å². The lowest BCUT2D eigenvalue weighted by atomic mass is 10.1. The molecule has 3 rings (SSSR count). The Morgan fingerprint density at radius 2 is 2.00 bits per heavy atom. The summed E-state index contributed by atoms with van der Waals surface area (Å²) in [7, 11) is 0. The average Bonchev–Trinajstić information content (AvgIpc) is 3.06. The van der Waals surface area contributed by atoms with E-state index in [1.165, 1.54) is 11.3 Å². The van der Waals surface area contributed by atoms with Gasteiger partial charge in [-0.05, 0) is 44.4 Å². The van der Waals surface area contributed by atoms with E-state index in [4.69, 9.17) is 0 Å². The summed E-state index contributed by atoms with van der Waals surface area (Å²) in [6.07, 6.45) is 4.08. The summed E-state index contributed by atoms with van der Waals surface area (Å²) in [6, 6.07) is 15.2. The smallest absolute Gasteiger partial charge is 0.234 e. The fraction of sp³-hybridized carbons (Fsp3) is 0.450. The molecule has 0 fully saturated rings. The van der Waals surface area contributed by atoms with Crippen LogP contribution < -0.4 is 5.32 Å². The summed E-state index contributed by atoms with van der Waals surface area (Å²) in [6.45, 7) is 6.63. The number of fused-ring (bicyclic) bond motifs is 1. The maximum absolute atomic E-state index is 12.4. The standard InChI is InChI=1S/C20H27N3O/c1-16(10-11-18-7-4-3-5-8-18)21-20(24)15-23-14-13-22-12-6-9-19(22)17(23)2/h3-9,12,16-17H,10-11,13-15H2,1-2H3,(H,21,24). The lowest BCUT2D eigenvalue weighted by Gasteiger charge is -2.34. The molecule has 2 unspecified atom stereocenters. The van der Waals surface area contributed by atoms with Crippen LogP contribution in [-0.4, -0.2) is 34.5 Å². The van der Waals surface area contributed by atoms with Gasteiger partial charge in [-0.15, -0.1) is 0 Å². The van der Waals surface area contributed by atoms with E-state index in [-0.39, 0.29) is 11.9 Å². The van der Waals surface area contributed by atoms with Crippen molar-refractivity contribution in [3.63, 3.8) is 0 Å². The molecule has 0 spiro atoms. The Morgan fingerprint density at radius 1 is 1.21 bits per heavy atom. The predicted molar refractivity (Wildman–Crippen MR) is 96.8 cm³/mol. The van der Waals surface area contributed by atoms with Gasteiger partial charge in [-0.25, -0.2) is 0 Å². The number of nitrogens with one attached hydrogen (secondary N) is 1. The minimum absolute atomic E-state index is 0.127. The second-order valence-corrected chi connectivity index (χ2v) is 6.77. The Labute approximate surface area is 144 Å². The highest BCUT2D eigenvalue weighted by atomic mass is 16.2. The van der Waals surface area contributed by atoms with Crippen LogP contribution in [-0.2, 0) is 17.8 Å². The Balaban J connectivity index is 1.45. The molecule has 0 saturated carbocycles. The second kappa shape index (κ2) is 7.67. The van der Waals surface area contributed by atoms with Crippen LogP contribution in [0.25, 0.3) is 0 Å². The summed E-state index contributed by atoms with van der Waals surface area (Å²) in [5.41, 5.74) is 2.62. The molecule has 1 aromatic heterocycles. The number of aromatic nitrogens is 1. The molecule has 24 heavy (non-hydrogen) atoms. The third kappa shape index (κ3) is 4.06. The van der Waals surface area contributed by atoms with Crippen molar-refractivity contribution in [3.05, 3.63) is 59.9 Å². The average molecular weight is 325 g/mol. The quantitative estimate of drug-likeness (QED) is 0.886. The molecule has 1 N–H and O–H groups in total. The van der Waals surface area contributed by atoms with Crippen molar-refractivity contribution < 1.29 is 4.79 Å². The number of carbonyl (C=O) groups excluding carboxylic acids is 1. The van der Waals surface area contributed by atoms with Crippen LogP contribution in [0.1, 0.15) is 37.6 Å². The number of carbonyl (C=O) groups is 1. The molecule has 128 valence electrons. The van der Waals surface area contributed by atoms with E-state index in [2.05, 4.69) is 71.2 Å². The third-order valence-corrected chi connectivity index (χ3v) is 4.93. The van der Waals surface area contributed by atoms with Crippen molar-refractivity contribution in [1.82, 2.24) is 14.8 Å². The maximum atomic E-state index is 12.4. The SMILES string of the molecule is CC(CCc1ccccc1)NC(=O)CN1CCn2cccc2C1C. The van der Waals surface area contributed by atoms with Gasteiger partial charge in [0.15, 0.2) is 0 Å². The van der Waals surface area contributed by atoms with Crippen LogP contribution >= 0.6 is 0 Å². The summed E-state index contributed by atoms with van der Waals surface area (Å²) < 4.78 is 2.28. The van der Waals surface area contributed by atoms with E-state index < -0.39 is 0 Å². The van der Waals surface area contributed by atoms with Crippen molar-refractivity contribution in [2.24, 2.45) is 0 Å². The van der Waals surface area contributed by atoms with Gasteiger partial charge in [-0.2, -0.15) is 0 Å². The Bertz CT molecular complexity index is 665. The minimum atomic E-state index is 0.127. The normalized spacial score (nSPS) is 18.8. The number of rotatable bonds is 6. The molecule has 2 heterocycles. The van der Waals surface area contributed by atoms with Gasteiger partial charge < -0.3 is 9.88 Å². The molecule has 1 aliphatic heterocycles. The first kappa shape index (κ1) is 16.8. The molecule has 0 radical (unpaired) electrons. The summed E-state index contributed by atoms with van der Waals surface area (Å²) in [4.78, 5) is 14.6. The van der Waals surface area contributed by atoms with Gasteiger partial charge >= 0.3 is 0 Å². The van der Waals surface area contributed by atoms with Gasteiger partial charge in [0, 0.05) is 37.1 Å². The van der Waals surface area contributed by atoms with E-state index in [0.717, 1.165) is 25.9 Å². The van der Waals surface area contributed by atoms with E-state index >= 15 is 0 Å². The molecular weight excluding hydrogens is 298 g/mol. The lowest BCUT2D eigenvalue weighted by molar-refractivity contribution is -0.123. The number of hydrogen-bond acceptors (Lipinski definition) is 2. The molecule has 1 amide bonds. The fourth-order valence-corrected chi connectivity index (χ4v) is 3.45. The second-order valence-electron chi connectivity index (χ2n) is 6.77. The molecule has 4 heteroatoms. The van der Waals surface area contributed by atoms with E-state index in [9.17, 15) is 4.79 Å². The molecule has 4 nitrogen and oxygen atoms in total. The van der Waals surface area contributed by atoms with Gasteiger partial charge in [0.05, 0.1) is 6.54 Å². The molecule has 0 saturated heterocycles. The monoisotopic (exact) mass is 325 g/mol. The predicted octanol–water partition coefficient (Wildman–Crippen LogP) is 3.00. The van der Waals surface area contributed by atoms with Crippen molar-refractivity contribution in [1.29, 1.82) is 0 Å². The number of benzene rings is 1. The topological polar surface area (TPSA) is 37.3 Å². The zero-order valence-corrected chi connectivity index (χ0v) is 14.6. The summed E-state index contributed by atoms with van der Waals surface area (Å²) in [5.74, 6) is 0.127. The first-order valence-corrected chi connectivity index (χ1v) is 8.86. The van der Waals surface area contributed by atoms with Gasteiger partial charge in [0.2, 0.25) is 5.91 Å². The Kier molecular flexibility index (Phi) is 5.36. The van der Waals surface area contributed by atoms with Crippen LogP contribution in [0.5, 0.6) is 0 Å². The van der Waals surface area contributed by atoms with Crippen LogP contribution in [0, 0.1) is 0 Å². The summed E-state index contributed by atoms with van der Waals surface area (Å²) >= 11 is 0. The maximum Gasteiger partial charge on any atom is 0.234 e. The third-order valence-electron chi connectivity index (χ3n) is 4.93. The first-order chi connectivity index (χ1) is 11.6. The highest BCUT2D eigenvalue weighted by Crippen LogP contribution is 2.24. The largest absolute Gasteiger partial charge is 0.353 e. The minimum Gasteiger partial charge on any atom is -0.353 e. The molecule has 1 aliphatic rings. The van der Waals surface area contributed by atoms with Crippen LogP contribution in [0.15, 0.2) is 48.7 Å². The molecule has 0 bridgehead atoms. The zero-order chi connectivity index (χ0) is 16.9. The Hall–Kier alpha value is -2.07. The number of amides is 1. The number of aryl methyl sites for hydroxylation is 1. The van der Waals surface area contributed by atoms with Crippen molar-refractivity contribution in [3.8, 4) is 0 Å². The van der Waals surface area contributed by atoms with Gasteiger partial charge in [-0.3, -0.25) is 9.69 Å². The van der Waals surface area contributed by atoms with Crippen LogP contribution in [0.4, 0.5) is 0 Å². The van der Waals surface area contributed by atoms with E-state index in [1.807, 2.05) is 6.07 Å². The molecule has 2 aromatic rings. The molecule has 1 aromatic carbocycles. The van der Waals surface area contributed by atoms with Gasteiger partial charge in [0.25, 0.3) is 0 Å². The molecule has 2 atom stereocenters. The van der Waals surface area contributed by atoms with Gasteiger partial charge in [0.1, 0.15) is 0 Å². The zero-order valence-electron chi connectivity index (χ0n) is 14.6. The fourth-order valence-electron chi connectivity index (χ4n) is 3.45. The lowest BCUT2D eigenvalue weighted by Crippen LogP contribution is -2.45. The highest BCUT2D eigenvalue weighted by Gasteiger charge is 2.25. The Morgan fingerprint density at radius 3 is 2.79 bits per heavy atom. The van der Waals surface area contributed by atoms with E-state index in [1.54, 1.807) is 0 Å². The highest BCUT2D eigenvalue weighted by molar-refractivity contribution is 5.78. The first-order valence-electron chi connectivity index (χ1n) is 8.86. The number of nitrogens with zero attached hydrogens (tertiary/aromatic N) is 2. The van der Waals surface area contributed by atoms with Crippen LogP contribution in [0.3, 0.4) is 0 Å². The van der Waals surface area contributed by atoms with Crippen molar-refractivity contribution in [2.75, 3.05) is 13.1 Å². The van der Waals surface area contributed by atoms with Gasteiger partial charge in [-0.1, -0.05) is 30.3 Å².